The molecule has 0 saturated heterocycles. The van der Waals surface area contributed by atoms with Crippen molar-refractivity contribution in [2.45, 2.75) is 26.3 Å². The fourth-order valence-corrected chi connectivity index (χ4v) is 2.27. The van der Waals surface area contributed by atoms with Gasteiger partial charge in [-0.15, -0.1) is 0 Å². The van der Waals surface area contributed by atoms with Crippen molar-refractivity contribution in [1.82, 2.24) is 4.90 Å². The highest BCUT2D eigenvalue weighted by Gasteiger charge is 2.16. The molecule has 0 aliphatic heterocycles. The van der Waals surface area contributed by atoms with E-state index >= 15 is 0 Å². The summed E-state index contributed by atoms with van der Waals surface area (Å²) in [5.41, 5.74) is 6.96. The first-order valence-electron chi connectivity index (χ1n) is 6.83. The van der Waals surface area contributed by atoms with Gasteiger partial charge in [-0.1, -0.05) is 13.8 Å². The summed E-state index contributed by atoms with van der Waals surface area (Å²) in [6.45, 7) is 5.17. The number of aromatic carboxylic acids is 1. The highest BCUT2D eigenvalue weighted by Crippen LogP contribution is 2.21. The second-order valence-corrected chi connectivity index (χ2v) is 5.84. The molecule has 5 heteroatoms. The van der Waals surface area contributed by atoms with Crippen LogP contribution in [0.15, 0.2) is 18.2 Å². The van der Waals surface area contributed by atoms with Crippen LogP contribution in [0.5, 0.6) is 0 Å². The van der Waals surface area contributed by atoms with E-state index in [2.05, 4.69) is 24.1 Å². The van der Waals surface area contributed by atoms with E-state index < -0.39 is 5.97 Å². The minimum atomic E-state index is -0.965. The first kappa shape index (κ1) is 16.3. The molecule has 0 fully saturated rings. The standard InChI is InChI=1S/C15H25N3O2/c1-10(2)7-12(9-18(3)4)17-14-6-5-11(16)8-13(14)15(19)20/h5-6,8,10,12,17H,7,9,16H2,1-4H3,(H,19,20). The Labute approximate surface area is 120 Å². The van der Waals surface area contributed by atoms with Crippen molar-refractivity contribution in [3.8, 4) is 0 Å². The van der Waals surface area contributed by atoms with E-state index in [1.807, 2.05) is 14.1 Å². The van der Waals surface area contributed by atoms with Crippen LogP contribution in [0.25, 0.3) is 0 Å². The lowest BCUT2D eigenvalue weighted by atomic mass is 10.0. The minimum Gasteiger partial charge on any atom is -0.478 e. The molecule has 1 aromatic carbocycles. The topological polar surface area (TPSA) is 78.6 Å². The zero-order valence-corrected chi connectivity index (χ0v) is 12.7. The molecule has 1 aromatic rings. The monoisotopic (exact) mass is 279 g/mol. The van der Waals surface area contributed by atoms with Gasteiger partial charge < -0.3 is 21.1 Å². The van der Waals surface area contributed by atoms with Crippen LogP contribution in [0, 0.1) is 5.92 Å². The third-order valence-electron chi connectivity index (χ3n) is 2.98. The van der Waals surface area contributed by atoms with Gasteiger partial charge in [0.05, 0.1) is 5.56 Å². The molecule has 0 radical (unpaired) electrons. The van der Waals surface area contributed by atoms with Crippen LogP contribution in [-0.2, 0) is 0 Å². The van der Waals surface area contributed by atoms with E-state index in [1.54, 1.807) is 12.1 Å². The van der Waals surface area contributed by atoms with Gasteiger partial charge >= 0.3 is 5.97 Å². The van der Waals surface area contributed by atoms with Gasteiger partial charge in [-0.25, -0.2) is 4.79 Å². The molecule has 0 bridgehead atoms. The van der Waals surface area contributed by atoms with Gasteiger partial charge in [0.1, 0.15) is 0 Å². The predicted octanol–water partition coefficient (Wildman–Crippen LogP) is 2.36. The van der Waals surface area contributed by atoms with Gasteiger partial charge in [-0.05, 0) is 44.6 Å². The number of nitrogens with one attached hydrogen (secondary N) is 1. The number of nitrogens with two attached hydrogens (primary N) is 1. The van der Waals surface area contributed by atoms with Gasteiger partial charge in [-0.3, -0.25) is 0 Å². The fraction of sp³-hybridized carbons (Fsp3) is 0.533. The number of anilines is 2. The summed E-state index contributed by atoms with van der Waals surface area (Å²) in [7, 11) is 4.02. The number of hydrogen-bond donors (Lipinski definition) is 3. The van der Waals surface area contributed by atoms with Crippen molar-refractivity contribution in [1.29, 1.82) is 0 Å². The molecule has 1 atom stereocenters. The third kappa shape index (κ3) is 5.09. The molecule has 0 heterocycles. The van der Waals surface area contributed by atoms with Crippen molar-refractivity contribution < 1.29 is 9.90 Å². The molecule has 20 heavy (non-hydrogen) atoms. The Morgan fingerprint density at radius 1 is 1.40 bits per heavy atom. The van der Waals surface area contributed by atoms with Gasteiger partial charge in [0.15, 0.2) is 0 Å². The maximum absolute atomic E-state index is 11.3. The van der Waals surface area contributed by atoms with E-state index in [0.29, 0.717) is 17.3 Å². The van der Waals surface area contributed by atoms with E-state index in [0.717, 1.165) is 13.0 Å². The summed E-state index contributed by atoms with van der Waals surface area (Å²) in [6.07, 6.45) is 0.974. The summed E-state index contributed by atoms with van der Waals surface area (Å²) >= 11 is 0. The number of benzene rings is 1. The molecule has 0 aliphatic rings. The van der Waals surface area contributed by atoms with Crippen LogP contribution in [0.2, 0.25) is 0 Å². The SMILES string of the molecule is CC(C)CC(CN(C)C)Nc1ccc(N)cc1C(=O)O. The largest absolute Gasteiger partial charge is 0.478 e. The van der Waals surface area contributed by atoms with E-state index in [4.69, 9.17) is 5.73 Å². The molecule has 0 aliphatic carbocycles. The Hall–Kier alpha value is -1.75. The minimum absolute atomic E-state index is 0.201. The third-order valence-corrected chi connectivity index (χ3v) is 2.98. The van der Waals surface area contributed by atoms with Crippen LogP contribution in [0.4, 0.5) is 11.4 Å². The van der Waals surface area contributed by atoms with Crippen LogP contribution >= 0.6 is 0 Å². The Morgan fingerprint density at radius 3 is 2.55 bits per heavy atom. The Kier molecular flexibility index (Phi) is 5.82. The normalized spacial score (nSPS) is 12.7. The number of nitrogens with zero attached hydrogens (tertiary/aromatic N) is 1. The Bertz CT molecular complexity index is 448. The number of rotatable bonds is 7. The molecule has 0 amide bonds. The lowest BCUT2D eigenvalue weighted by molar-refractivity contribution is 0.0698. The number of carbonyl (C=O) groups is 1. The van der Waals surface area contributed by atoms with Gasteiger partial charge in [-0.2, -0.15) is 0 Å². The number of carboxylic acids is 1. The van der Waals surface area contributed by atoms with Crippen molar-refractivity contribution in [2.75, 3.05) is 31.7 Å². The average molecular weight is 279 g/mol. The highest BCUT2D eigenvalue weighted by atomic mass is 16.4. The first-order valence-corrected chi connectivity index (χ1v) is 6.83. The predicted molar refractivity (Wildman–Crippen MR) is 83.2 cm³/mol. The first-order chi connectivity index (χ1) is 9.29. The molecule has 0 aromatic heterocycles. The maximum atomic E-state index is 11.3. The molecule has 1 unspecified atom stereocenters. The fourth-order valence-electron chi connectivity index (χ4n) is 2.27. The number of hydrogen-bond acceptors (Lipinski definition) is 4. The quantitative estimate of drug-likeness (QED) is 0.668. The molecular formula is C15H25N3O2. The number of likely N-dealkylation sites (N-methyl/N-ethyl adjacent to an activating group) is 1. The second kappa shape index (κ2) is 7.14. The molecule has 4 N–H and O–H groups in total. The highest BCUT2D eigenvalue weighted by molar-refractivity contribution is 5.95. The van der Waals surface area contributed by atoms with Gasteiger partial charge in [0.2, 0.25) is 0 Å². The smallest absolute Gasteiger partial charge is 0.337 e. The molecule has 0 spiro atoms. The molecule has 112 valence electrons. The molecule has 0 saturated carbocycles. The summed E-state index contributed by atoms with van der Waals surface area (Å²) in [5.74, 6) is -0.428. The van der Waals surface area contributed by atoms with Crippen LogP contribution in [-0.4, -0.2) is 42.7 Å². The molecular weight excluding hydrogens is 254 g/mol. The molecule has 5 nitrogen and oxygen atoms in total. The van der Waals surface area contributed by atoms with Crippen molar-refractivity contribution in [2.24, 2.45) is 5.92 Å². The van der Waals surface area contributed by atoms with E-state index in [-0.39, 0.29) is 11.6 Å². The summed E-state index contributed by atoms with van der Waals surface area (Å²) in [6, 6.07) is 5.15. The average Bonchev–Trinajstić information content (AvgIpc) is 2.29. The Balaban J connectivity index is 2.94. The van der Waals surface area contributed by atoms with Crippen molar-refractivity contribution in [3.63, 3.8) is 0 Å². The summed E-state index contributed by atoms with van der Waals surface area (Å²) < 4.78 is 0. The lowest BCUT2D eigenvalue weighted by Gasteiger charge is -2.25. The van der Waals surface area contributed by atoms with Crippen molar-refractivity contribution in [3.05, 3.63) is 23.8 Å². The van der Waals surface area contributed by atoms with Gasteiger partial charge in [0, 0.05) is 24.0 Å². The van der Waals surface area contributed by atoms with Crippen LogP contribution in [0.3, 0.4) is 0 Å². The maximum Gasteiger partial charge on any atom is 0.337 e. The Morgan fingerprint density at radius 2 is 2.05 bits per heavy atom. The number of nitrogen functional groups attached to an aromatic ring is 1. The number of carboxylic acid groups (broad SMARTS) is 1. The van der Waals surface area contributed by atoms with Gasteiger partial charge in [0.25, 0.3) is 0 Å². The molecule has 1 rings (SSSR count). The van der Waals surface area contributed by atoms with E-state index in [1.165, 1.54) is 6.07 Å². The zero-order chi connectivity index (χ0) is 15.3. The lowest BCUT2D eigenvalue weighted by Crippen LogP contribution is -2.34. The van der Waals surface area contributed by atoms with Crippen molar-refractivity contribution >= 4 is 17.3 Å². The van der Waals surface area contributed by atoms with Crippen LogP contribution < -0.4 is 11.1 Å². The van der Waals surface area contributed by atoms with Crippen LogP contribution in [0.1, 0.15) is 30.6 Å². The van der Waals surface area contributed by atoms with E-state index in [9.17, 15) is 9.90 Å². The second-order valence-electron chi connectivity index (χ2n) is 5.84. The zero-order valence-electron chi connectivity index (χ0n) is 12.7. The summed E-state index contributed by atoms with van der Waals surface area (Å²) in [4.78, 5) is 13.4. The summed E-state index contributed by atoms with van der Waals surface area (Å²) in [5, 5.41) is 12.6.